The topological polar surface area (TPSA) is 72.6 Å². The van der Waals surface area contributed by atoms with E-state index in [1.54, 1.807) is 17.1 Å². The Labute approximate surface area is 198 Å². The molecule has 1 fully saturated rings. The second-order valence-electron chi connectivity index (χ2n) is 8.56. The molecule has 1 aliphatic carbocycles. The van der Waals surface area contributed by atoms with Gasteiger partial charge < -0.3 is 0 Å². The molecule has 1 atom stereocenters. The Balaban J connectivity index is 1.61. The van der Waals surface area contributed by atoms with Crippen molar-refractivity contribution >= 4 is 0 Å². The zero-order valence-electron chi connectivity index (χ0n) is 18.7. The molecule has 0 radical (unpaired) electrons. The molecule has 2 aromatic heterocycles. The smallest absolute Gasteiger partial charge is 0.282 e. The largest absolute Gasteiger partial charge is 0.416 e. The van der Waals surface area contributed by atoms with Crippen molar-refractivity contribution in [2.24, 2.45) is 0 Å². The van der Waals surface area contributed by atoms with Crippen molar-refractivity contribution in [2.45, 2.75) is 44.6 Å². The molecule has 5 rings (SSSR count). The quantitative estimate of drug-likeness (QED) is 0.356. The lowest BCUT2D eigenvalue weighted by molar-refractivity contribution is -0.137. The Kier molecular flexibility index (Phi) is 6.01. The molecular weight excluding hydrogens is 462 g/mol. The van der Waals surface area contributed by atoms with Crippen LogP contribution in [0, 0.1) is 12.7 Å². The minimum atomic E-state index is -4.65. The number of halogens is 4. The van der Waals surface area contributed by atoms with Crippen molar-refractivity contribution in [1.82, 2.24) is 35.1 Å². The van der Waals surface area contributed by atoms with Gasteiger partial charge in [-0.05, 0) is 65.6 Å². The van der Waals surface area contributed by atoms with E-state index in [1.807, 2.05) is 36.1 Å². The summed E-state index contributed by atoms with van der Waals surface area (Å²) < 4.78 is 55.9. The molecule has 0 amide bonds. The number of hydrogen-bond donors (Lipinski definition) is 0. The molecule has 180 valence electrons. The third-order valence-electron chi connectivity index (χ3n) is 5.98. The van der Waals surface area contributed by atoms with E-state index >= 15 is 0 Å². The molecule has 0 N–H and O–H groups in total. The van der Waals surface area contributed by atoms with E-state index in [0.29, 0.717) is 17.5 Å². The Bertz CT molecular complexity index is 1320. The number of para-hydroxylation sites is 1. The fourth-order valence-electron chi connectivity index (χ4n) is 4.23. The summed E-state index contributed by atoms with van der Waals surface area (Å²) in [4.78, 5) is 10.3. The number of aromatic nitrogens is 6. The Morgan fingerprint density at radius 1 is 1.09 bits per heavy atom. The maximum Gasteiger partial charge on any atom is 0.416 e. The zero-order valence-corrected chi connectivity index (χ0v) is 18.7. The van der Waals surface area contributed by atoms with Gasteiger partial charge in [0.1, 0.15) is 18.2 Å². The van der Waals surface area contributed by atoms with Crippen LogP contribution in [0.5, 0.6) is 0 Å². The highest BCUT2D eigenvalue weighted by atomic mass is 19.4. The Morgan fingerprint density at radius 2 is 1.83 bits per heavy atom. The van der Waals surface area contributed by atoms with Gasteiger partial charge in [-0.15, -0.1) is 5.10 Å². The number of alkyl halides is 3. The van der Waals surface area contributed by atoms with Gasteiger partial charge in [0.25, 0.3) is 0 Å². The highest BCUT2D eigenvalue weighted by Crippen LogP contribution is 2.39. The Hall–Kier alpha value is -3.73. The second kappa shape index (κ2) is 9.14. The number of nitrogens with zero attached hydrogens (tertiary/aromatic N) is 7. The fraction of sp³-hybridized carbons (Fsp3) is 0.292. The summed E-state index contributed by atoms with van der Waals surface area (Å²) in [5, 5.41) is 12.4. The minimum absolute atomic E-state index is 0.0554. The van der Waals surface area contributed by atoms with Gasteiger partial charge in [0.05, 0.1) is 11.3 Å². The minimum Gasteiger partial charge on any atom is -0.282 e. The molecule has 1 unspecified atom stereocenters. The molecule has 0 spiro atoms. The highest BCUT2D eigenvalue weighted by molar-refractivity contribution is 5.40. The predicted molar refractivity (Wildman–Crippen MR) is 118 cm³/mol. The van der Waals surface area contributed by atoms with Gasteiger partial charge in [0, 0.05) is 30.5 Å². The van der Waals surface area contributed by atoms with Crippen molar-refractivity contribution in [3.8, 4) is 5.69 Å². The normalized spacial score (nSPS) is 14.9. The van der Waals surface area contributed by atoms with Gasteiger partial charge in [0.15, 0.2) is 5.82 Å². The van der Waals surface area contributed by atoms with Gasteiger partial charge in [-0.1, -0.05) is 18.2 Å². The van der Waals surface area contributed by atoms with Crippen LogP contribution in [0.3, 0.4) is 0 Å². The zero-order chi connectivity index (χ0) is 24.6. The van der Waals surface area contributed by atoms with Crippen molar-refractivity contribution in [2.75, 3.05) is 0 Å². The second-order valence-corrected chi connectivity index (χ2v) is 8.56. The summed E-state index contributed by atoms with van der Waals surface area (Å²) in [6.45, 7) is 2.00. The summed E-state index contributed by atoms with van der Waals surface area (Å²) in [6, 6.07) is 9.71. The summed E-state index contributed by atoms with van der Waals surface area (Å²) in [6.07, 6.45) is 1.71. The molecule has 7 nitrogen and oxygen atoms in total. The number of hydrogen-bond acceptors (Lipinski definition) is 6. The molecular formula is C24H21F4N7. The average molecular weight is 483 g/mol. The maximum atomic E-state index is 14.2. The molecule has 4 aromatic rings. The van der Waals surface area contributed by atoms with Gasteiger partial charge in [-0.25, -0.2) is 14.4 Å². The molecule has 0 saturated heterocycles. The fourth-order valence-corrected chi connectivity index (χ4v) is 4.23. The third-order valence-corrected chi connectivity index (χ3v) is 5.98. The van der Waals surface area contributed by atoms with Gasteiger partial charge in [-0.3, -0.25) is 4.90 Å². The van der Waals surface area contributed by atoms with Crippen molar-refractivity contribution in [3.63, 3.8) is 0 Å². The first-order chi connectivity index (χ1) is 16.8. The van der Waals surface area contributed by atoms with Crippen LogP contribution in [0.1, 0.15) is 47.0 Å². The molecule has 1 saturated carbocycles. The van der Waals surface area contributed by atoms with E-state index in [4.69, 9.17) is 0 Å². The van der Waals surface area contributed by atoms with Crippen LogP contribution in [0.4, 0.5) is 17.6 Å². The number of tetrazole rings is 1. The third kappa shape index (κ3) is 4.90. The van der Waals surface area contributed by atoms with Crippen LogP contribution in [-0.4, -0.2) is 41.1 Å². The van der Waals surface area contributed by atoms with Gasteiger partial charge in [0.2, 0.25) is 0 Å². The van der Waals surface area contributed by atoms with E-state index < -0.39 is 23.6 Å². The summed E-state index contributed by atoms with van der Waals surface area (Å²) in [5.74, 6) is -0.469. The lowest BCUT2D eigenvalue weighted by atomic mass is 10.0. The number of benzene rings is 2. The van der Waals surface area contributed by atoms with Crippen LogP contribution >= 0.6 is 0 Å². The monoisotopic (exact) mass is 483 g/mol. The first-order valence-corrected chi connectivity index (χ1v) is 11.0. The van der Waals surface area contributed by atoms with Crippen molar-refractivity contribution in [1.29, 1.82) is 0 Å². The summed E-state index contributed by atoms with van der Waals surface area (Å²) in [5.41, 5.74) is 1.59. The molecule has 0 aliphatic heterocycles. The molecule has 0 bridgehead atoms. The van der Waals surface area contributed by atoms with E-state index in [-0.39, 0.29) is 18.2 Å². The number of aryl methyl sites for hydroxylation is 1. The van der Waals surface area contributed by atoms with E-state index in [9.17, 15) is 17.6 Å². The van der Waals surface area contributed by atoms with Crippen molar-refractivity contribution in [3.05, 3.63) is 95.1 Å². The molecule has 2 aromatic carbocycles. The summed E-state index contributed by atoms with van der Waals surface area (Å²) >= 11 is 0. The predicted octanol–water partition coefficient (Wildman–Crippen LogP) is 4.67. The molecule has 2 heterocycles. The van der Waals surface area contributed by atoms with Crippen LogP contribution in [0.25, 0.3) is 5.69 Å². The maximum absolute atomic E-state index is 14.2. The Morgan fingerprint density at radius 3 is 2.51 bits per heavy atom. The van der Waals surface area contributed by atoms with E-state index in [0.717, 1.165) is 36.2 Å². The molecule has 35 heavy (non-hydrogen) atoms. The van der Waals surface area contributed by atoms with Crippen LogP contribution < -0.4 is 0 Å². The average Bonchev–Trinajstić information content (AvgIpc) is 3.57. The highest BCUT2D eigenvalue weighted by Gasteiger charge is 2.39. The van der Waals surface area contributed by atoms with Crippen LogP contribution in [-0.2, 0) is 12.7 Å². The van der Waals surface area contributed by atoms with Crippen LogP contribution in [0.15, 0.2) is 61.2 Å². The molecule has 1 aliphatic rings. The van der Waals surface area contributed by atoms with Crippen LogP contribution in [0.2, 0.25) is 0 Å². The lowest BCUT2D eigenvalue weighted by Crippen LogP contribution is -2.33. The summed E-state index contributed by atoms with van der Waals surface area (Å²) in [7, 11) is 0. The SMILES string of the molecule is Cc1ccccc1-n1nnnc1C(c1cncnc1)N(Cc1cc(F)cc(C(F)(F)F)c1)C1CC1. The van der Waals surface area contributed by atoms with Gasteiger partial charge >= 0.3 is 6.18 Å². The van der Waals surface area contributed by atoms with E-state index in [1.165, 1.54) is 6.33 Å². The van der Waals surface area contributed by atoms with Gasteiger partial charge in [-0.2, -0.15) is 17.9 Å². The number of rotatable bonds is 7. The van der Waals surface area contributed by atoms with Crippen molar-refractivity contribution < 1.29 is 17.6 Å². The first kappa shape index (κ1) is 23.0. The first-order valence-electron chi connectivity index (χ1n) is 11.0. The standard InChI is InChI=1S/C24H21F4N7/c1-15-4-2-3-5-21(15)35-23(31-32-33-35)22(17-11-29-14-30-12-17)34(20-6-7-20)13-16-8-18(24(26,27)28)10-19(25)9-16/h2-5,8-12,14,20,22H,6-7,13H2,1H3. The van der Waals surface area contributed by atoms with E-state index in [2.05, 4.69) is 25.5 Å². The lowest BCUT2D eigenvalue weighted by Gasteiger charge is -2.31. The molecule has 11 heteroatoms.